The van der Waals surface area contributed by atoms with Crippen LogP contribution in [0.3, 0.4) is 0 Å². The van der Waals surface area contributed by atoms with Crippen LogP contribution in [0.1, 0.15) is 30.5 Å². The van der Waals surface area contributed by atoms with Crippen molar-refractivity contribution in [2.24, 2.45) is 5.16 Å². The van der Waals surface area contributed by atoms with Gasteiger partial charge in [0.25, 0.3) is 0 Å². The highest BCUT2D eigenvalue weighted by Gasteiger charge is 2.32. The van der Waals surface area contributed by atoms with Gasteiger partial charge < -0.3 is 4.84 Å². The molecule has 0 aromatic heterocycles. The minimum absolute atomic E-state index is 0.384. The molecule has 23 heavy (non-hydrogen) atoms. The zero-order chi connectivity index (χ0) is 16.3. The van der Waals surface area contributed by atoms with Gasteiger partial charge in [0.15, 0.2) is 11.4 Å². The third-order valence-electron chi connectivity index (χ3n) is 3.68. The van der Waals surface area contributed by atoms with Crippen LogP contribution in [0.15, 0.2) is 59.8 Å². The van der Waals surface area contributed by atoms with Gasteiger partial charge in [-0.15, -0.1) is 0 Å². The first-order valence-electron chi connectivity index (χ1n) is 7.81. The third kappa shape index (κ3) is 3.90. The van der Waals surface area contributed by atoms with Crippen molar-refractivity contribution in [2.45, 2.75) is 33.0 Å². The molecule has 1 heterocycles. The molecule has 2 aromatic rings. The maximum atomic E-state index is 6.02. The summed E-state index contributed by atoms with van der Waals surface area (Å²) in [5, 5.41) is 6.13. The molecule has 120 valence electrons. The average Bonchev–Trinajstić information content (AvgIpc) is 2.54. The maximum absolute atomic E-state index is 6.02. The summed E-state index contributed by atoms with van der Waals surface area (Å²) in [6, 6.07) is 18.3. The molecule has 1 aliphatic heterocycles. The number of hydrogen-bond donors (Lipinski definition) is 0. The van der Waals surface area contributed by atoms with E-state index in [1.807, 2.05) is 61.4 Å². The Labute approximate surface area is 137 Å². The van der Waals surface area contributed by atoms with Gasteiger partial charge in [-0.3, -0.25) is 4.84 Å². The highest BCUT2D eigenvalue weighted by Crippen LogP contribution is 2.22. The van der Waals surface area contributed by atoms with Crippen LogP contribution in [0.25, 0.3) is 0 Å². The van der Waals surface area contributed by atoms with Gasteiger partial charge in [-0.05, 0) is 26.3 Å². The Balaban J connectivity index is 1.80. The summed E-state index contributed by atoms with van der Waals surface area (Å²) >= 11 is 0. The van der Waals surface area contributed by atoms with Crippen LogP contribution in [0, 0.1) is 6.92 Å². The molecule has 0 fully saturated rings. The molecule has 0 N–H and O–H groups in total. The average molecular weight is 310 g/mol. The fourth-order valence-corrected chi connectivity index (χ4v) is 2.39. The van der Waals surface area contributed by atoms with Gasteiger partial charge in [-0.25, -0.2) is 5.06 Å². The van der Waals surface area contributed by atoms with Crippen molar-refractivity contribution in [1.82, 2.24) is 5.06 Å². The SMILES string of the molecule is Cc1ccc(C2=NOC(C)(C)CN2OCc2ccccc2)cc1. The van der Waals surface area contributed by atoms with E-state index in [1.165, 1.54) is 5.56 Å². The second-order valence-electron chi connectivity index (χ2n) is 6.43. The summed E-state index contributed by atoms with van der Waals surface area (Å²) in [4.78, 5) is 11.6. The number of amidine groups is 1. The first-order chi connectivity index (χ1) is 11.0. The van der Waals surface area contributed by atoms with E-state index in [0.717, 1.165) is 11.1 Å². The molecule has 0 saturated heterocycles. The third-order valence-corrected chi connectivity index (χ3v) is 3.68. The predicted octanol–water partition coefficient (Wildman–Crippen LogP) is 3.90. The Morgan fingerprint density at radius 2 is 1.78 bits per heavy atom. The van der Waals surface area contributed by atoms with E-state index in [2.05, 4.69) is 24.2 Å². The predicted molar refractivity (Wildman–Crippen MR) is 90.8 cm³/mol. The number of oxime groups is 1. The number of benzene rings is 2. The lowest BCUT2D eigenvalue weighted by molar-refractivity contribution is -0.173. The number of aryl methyl sites for hydroxylation is 1. The van der Waals surface area contributed by atoms with E-state index >= 15 is 0 Å². The second-order valence-corrected chi connectivity index (χ2v) is 6.43. The Kier molecular flexibility index (Phi) is 4.35. The number of nitrogens with zero attached hydrogens (tertiary/aromatic N) is 2. The molecule has 0 atom stereocenters. The van der Waals surface area contributed by atoms with E-state index in [9.17, 15) is 0 Å². The Bertz CT molecular complexity index is 678. The van der Waals surface area contributed by atoms with Crippen molar-refractivity contribution < 1.29 is 9.68 Å². The van der Waals surface area contributed by atoms with Crippen LogP contribution in [0.5, 0.6) is 0 Å². The topological polar surface area (TPSA) is 34.1 Å². The van der Waals surface area contributed by atoms with Crippen LogP contribution >= 0.6 is 0 Å². The van der Waals surface area contributed by atoms with Crippen molar-refractivity contribution in [2.75, 3.05) is 6.54 Å². The summed E-state index contributed by atoms with van der Waals surface area (Å²) in [6.07, 6.45) is 0. The summed E-state index contributed by atoms with van der Waals surface area (Å²) in [5.41, 5.74) is 2.94. The van der Waals surface area contributed by atoms with E-state index in [-0.39, 0.29) is 5.60 Å². The molecule has 3 rings (SSSR count). The summed E-state index contributed by atoms with van der Waals surface area (Å²) in [6.45, 7) is 7.19. The molecule has 0 amide bonds. The molecular formula is C19H22N2O2. The van der Waals surface area contributed by atoms with E-state index < -0.39 is 0 Å². The minimum atomic E-state index is -0.384. The lowest BCUT2D eigenvalue weighted by Gasteiger charge is -2.36. The van der Waals surface area contributed by atoms with Gasteiger partial charge in [0.05, 0.1) is 13.2 Å². The molecule has 0 unspecified atom stereocenters. The van der Waals surface area contributed by atoms with Crippen LogP contribution < -0.4 is 0 Å². The lowest BCUT2D eigenvalue weighted by Crippen LogP contribution is -2.47. The molecule has 0 spiro atoms. The molecule has 1 aliphatic rings. The first-order valence-corrected chi connectivity index (χ1v) is 7.81. The van der Waals surface area contributed by atoms with Crippen LogP contribution in [0.2, 0.25) is 0 Å². The molecule has 0 aliphatic carbocycles. The lowest BCUT2D eigenvalue weighted by atomic mass is 10.1. The standard InChI is InChI=1S/C19H22N2O2/c1-15-9-11-17(12-10-15)18-20-23-19(2,3)14-21(18)22-13-16-7-5-4-6-8-16/h4-12H,13-14H2,1-3H3. The van der Waals surface area contributed by atoms with Crippen molar-refractivity contribution >= 4 is 5.84 Å². The number of hydroxylamine groups is 2. The molecule has 0 radical (unpaired) electrons. The molecule has 0 bridgehead atoms. The zero-order valence-corrected chi connectivity index (χ0v) is 13.8. The van der Waals surface area contributed by atoms with E-state index in [1.54, 1.807) is 0 Å². The van der Waals surface area contributed by atoms with Crippen molar-refractivity contribution in [3.63, 3.8) is 0 Å². The van der Waals surface area contributed by atoms with Crippen LogP contribution in [0.4, 0.5) is 0 Å². The minimum Gasteiger partial charge on any atom is -0.386 e. The van der Waals surface area contributed by atoms with Crippen molar-refractivity contribution in [3.8, 4) is 0 Å². The molecule has 2 aromatic carbocycles. The largest absolute Gasteiger partial charge is 0.386 e. The smallest absolute Gasteiger partial charge is 0.199 e. The van der Waals surface area contributed by atoms with Gasteiger partial charge >= 0.3 is 0 Å². The van der Waals surface area contributed by atoms with Gasteiger partial charge in [0.1, 0.15) is 0 Å². The summed E-state index contributed by atoms with van der Waals surface area (Å²) < 4.78 is 0. The first kappa shape index (κ1) is 15.6. The Morgan fingerprint density at radius 1 is 1.09 bits per heavy atom. The van der Waals surface area contributed by atoms with Crippen LogP contribution in [-0.2, 0) is 16.3 Å². The maximum Gasteiger partial charge on any atom is 0.199 e. The fourth-order valence-electron chi connectivity index (χ4n) is 2.39. The second kappa shape index (κ2) is 6.42. The quantitative estimate of drug-likeness (QED) is 0.859. The molecule has 0 saturated carbocycles. The fraction of sp³-hybridized carbons (Fsp3) is 0.316. The summed E-state index contributed by atoms with van der Waals surface area (Å²) in [7, 11) is 0. The highest BCUT2D eigenvalue weighted by atomic mass is 16.7. The number of rotatable bonds is 4. The van der Waals surface area contributed by atoms with Crippen LogP contribution in [-0.4, -0.2) is 23.0 Å². The van der Waals surface area contributed by atoms with Gasteiger partial charge in [-0.1, -0.05) is 65.3 Å². The monoisotopic (exact) mass is 310 g/mol. The van der Waals surface area contributed by atoms with E-state index in [0.29, 0.717) is 19.0 Å². The normalized spacial score (nSPS) is 16.7. The molecular weight excluding hydrogens is 288 g/mol. The summed E-state index contributed by atoms with van der Waals surface area (Å²) in [5.74, 6) is 0.709. The zero-order valence-electron chi connectivity index (χ0n) is 13.8. The molecule has 4 nitrogen and oxygen atoms in total. The van der Waals surface area contributed by atoms with Crippen molar-refractivity contribution in [1.29, 1.82) is 0 Å². The van der Waals surface area contributed by atoms with Crippen molar-refractivity contribution in [3.05, 3.63) is 71.3 Å². The van der Waals surface area contributed by atoms with E-state index in [4.69, 9.17) is 9.68 Å². The highest BCUT2D eigenvalue weighted by molar-refractivity contribution is 5.98. The van der Waals surface area contributed by atoms with Gasteiger partial charge in [0, 0.05) is 5.56 Å². The Morgan fingerprint density at radius 3 is 2.48 bits per heavy atom. The van der Waals surface area contributed by atoms with Gasteiger partial charge in [-0.2, -0.15) is 0 Å². The van der Waals surface area contributed by atoms with Gasteiger partial charge in [0.2, 0.25) is 0 Å². The number of hydrogen-bond acceptors (Lipinski definition) is 4. The Hall–Kier alpha value is -2.33. The molecule has 4 heteroatoms.